The van der Waals surface area contributed by atoms with Crippen LogP contribution < -0.4 is 5.32 Å². The molecule has 1 N–H and O–H groups in total. The molecule has 0 saturated heterocycles. The van der Waals surface area contributed by atoms with Gasteiger partial charge in [-0.1, -0.05) is 40.2 Å². The van der Waals surface area contributed by atoms with Gasteiger partial charge in [0.2, 0.25) is 0 Å². The van der Waals surface area contributed by atoms with Crippen LogP contribution in [-0.2, 0) is 6.54 Å². The van der Waals surface area contributed by atoms with E-state index < -0.39 is 0 Å². The van der Waals surface area contributed by atoms with E-state index in [4.69, 9.17) is 0 Å². The van der Waals surface area contributed by atoms with Crippen molar-refractivity contribution in [1.29, 1.82) is 0 Å². The average molecular weight is 252 g/mol. The summed E-state index contributed by atoms with van der Waals surface area (Å²) < 4.78 is 0. The van der Waals surface area contributed by atoms with E-state index >= 15 is 0 Å². The maximum Gasteiger partial charge on any atom is 0.251 e. The number of halogens is 1. The molecule has 0 spiro atoms. The number of hydrogen-bond donors (Lipinski definition) is 1. The molecular weight excluding hydrogens is 242 g/mol. The molecule has 0 unspecified atom stereocenters. The molecule has 1 aromatic carbocycles. The summed E-state index contributed by atoms with van der Waals surface area (Å²) in [5.74, 6) is 0.0362. The summed E-state index contributed by atoms with van der Waals surface area (Å²) in [6.45, 7) is 0.650. The van der Waals surface area contributed by atoms with Crippen molar-refractivity contribution in [3.8, 4) is 0 Å². The third-order valence-corrected chi connectivity index (χ3v) is 2.64. The van der Waals surface area contributed by atoms with Gasteiger partial charge in [-0.05, 0) is 17.2 Å². The first-order valence-corrected chi connectivity index (χ1v) is 5.57. The molecule has 14 heavy (non-hydrogen) atoms. The molecule has 2 rings (SSSR count). The zero-order valence-electron chi connectivity index (χ0n) is 7.59. The van der Waals surface area contributed by atoms with E-state index in [-0.39, 0.29) is 5.91 Å². The number of carbonyl (C=O) groups excluding carboxylic acids is 1. The fraction of sp³-hybridized carbons (Fsp3) is 0.182. The van der Waals surface area contributed by atoms with Gasteiger partial charge in [0.05, 0.1) is 0 Å². The quantitative estimate of drug-likeness (QED) is 0.804. The Morgan fingerprint density at radius 1 is 1.50 bits per heavy atom. The van der Waals surface area contributed by atoms with Crippen LogP contribution in [0.3, 0.4) is 0 Å². The third kappa shape index (κ3) is 1.60. The Kier molecular flexibility index (Phi) is 2.68. The van der Waals surface area contributed by atoms with Crippen LogP contribution in [0.1, 0.15) is 21.5 Å². The van der Waals surface area contributed by atoms with Gasteiger partial charge < -0.3 is 5.32 Å². The van der Waals surface area contributed by atoms with E-state index in [1.807, 2.05) is 30.4 Å². The Hall–Kier alpha value is -1.09. The lowest BCUT2D eigenvalue weighted by atomic mass is 10.0. The summed E-state index contributed by atoms with van der Waals surface area (Å²) in [7, 11) is 0. The van der Waals surface area contributed by atoms with E-state index in [1.54, 1.807) is 0 Å². The fourth-order valence-electron chi connectivity index (χ4n) is 1.61. The lowest BCUT2D eigenvalue weighted by molar-refractivity contribution is 0.0966. The fourth-order valence-corrected chi connectivity index (χ4v) is 1.79. The molecule has 1 aromatic rings. The molecule has 1 amide bonds. The van der Waals surface area contributed by atoms with E-state index in [0.29, 0.717) is 6.54 Å². The first kappa shape index (κ1) is 9.46. The summed E-state index contributed by atoms with van der Waals surface area (Å²) in [6, 6.07) is 5.80. The van der Waals surface area contributed by atoms with Crippen molar-refractivity contribution >= 4 is 27.9 Å². The van der Waals surface area contributed by atoms with Gasteiger partial charge in [-0.25, -0.2) is 0 Å². The average Bonchev–Trinajstić information content (AvgIpc) is 2.58. The Morgan fingerprint density at radius 3 is 3.14 bits per heavy atom. The molecule has 0 aliphatic carbocycles. The van der Waals surface area contributed by atoms with E-state index in [2.05, 4.69) is 21.2 Å². The predicted molar refractivity (Wildman–Crippen MR) is 60.4 cm³/mol. The molecular formula is C11H10BrNO. The lowest BCUT2D eigenvalue weighted by Gasteiger charge is -2.00. The number of fused-ring (bicyclic) bond motifs is 1. The van der Waals surface area contributed by atoms with Crippen molar-refractivity contribution in [2.24, 2.45) is 0 Å². The van der Waals surface area contributed by atoms with Gasteiger partial charge in [0.1, 0.15) is 0 Å². The highest BCUT2D eigenvalue weighted by atomic mass is 79.9. The lowest BCUT2D eigenvalue weighted by Crippen LogP contribution is -2.12. The van der Waals surface area contributed by atoms with Crippen LogP contribution in [-0.4, -0.2) is 11.2 Å². The third-order valence-electron chi connectivity index (χ3n) is 2.27. The predicted octanol–water partition coefficient (Wildman–Crippen LogP) is 2.34. The summed E-state index contributed by atoms with van der Waals surface area (Å²) in [5, 5.41) is 3.65. The summed E-state index contributed by atoms with van der Waals surface area (Å²) >= 11 is 3.33. The molecule has 0 saturated carbocycles. The molecule has 1 aliphatic rings. The number of nitrogens with one attached hydrogen (secondary N) is 1. The SMILES string of the molecule is O=C1NCc2c(C=CCBr)cccc21. The van der Waals surface area contributed by atoms with Gasteiger partial charge in [0, 0.05) is 17.4 Å². The van der Waals surface area contributed by atoms with Crippen molar-refractivity contribution in [1.82, 2.24) is 5.32 Å². The molecule has 0 radical (unpaired) electrons. The van der Waals surface area contributed by atoms with Crippen molar-refractivity contribution in [3.63, 3.8) is 0 Å². The van der Waals surface area contributed by atoms with Crippen molar-refractivity contribution < 1.29 is 4.79 Å². The van der Waals surface area contributed by atoms with Crippen LogP contribution in [0.4, 0.5) is 0 Å². The van der Waals surface area contributed by atoms with Gasteiger partial charge in [0.15, 0.2) is 0 Å². The molecule has 0 bridgehead atoms. The zero-order valence-corrected chi connectivity index (χ0v) is 9.17. The largest absolute Gasteiger partial charge is 0.348 e. The number of allylic oxidation sites excluding steroid dienone is 1. The smallest absolute Gasteiger partial charge is 0.251 e. The number of alkyl halides is 1. The second kappa shape index (κ2) is 3.96. The molecule has 1 aliphatic heterocycles. The Labute approximate surface area is 91.1 Å². The standard InChI is InChI=1S/C11H10BrNO/c12-6-2-4-8-3-1-5-9-10(8)7-13-11(9)14/h1-5H,6-7H2,(H,13,14). The highest BCUT2D eigenvalue weighted by Crippen LogP contribution is 2.20. The van der Waals surface area contributed by atoms with Crippen LogP contribution >= 0.6 is 15.9 Å². The normalized spacial score (nSPS) is 14.5. The molecule has 0 atom stereocenters. The van der Waals surface area contributed by atoms with Crippen LogP contribution in [0.25, 0.3) is 6.08 Å². The Balaban J connectivity index is 2.44. The van der Waals surface area contributed by atoms with Gasteiger partial charge >= 0.3 is 0 Å². The number of hydrogen-bond acceptors (Lipinski definition) is 1. The van der Waals surface area contributed by atoms with Gasteiger partial charge in [0.25, 0.3) is 5.91 Å². The first-order valence-electron chi connectivity index (χ1n) is 4.45. The maximum atomic E-state index is 11.3. The van der Waals surface area contributed by atoms with Crippen molar-refractivity contribution in [2.45, 2.75) is 6.54 Å². The zero-order chi connectivity index (χ0) is 9.97. The second-order valence-electron chi connectivity index (χ2n) is 3.11. The van der Waals surface area contributed by atoms with Gasteiger partial charge in [-0.3, -0.25) is 4.79 Å². The Morgan fingerprint density at radius 2 is 2.36 bits per heavy atom. The molecule has 3 heteroatoms. The molecule has 72 valence electrons. The minimum atomic E-state index is 0.0362. The number of carbonyl (C=O) groups is 1. The molecule has 0 aromatic heterocycles. The summed E-state index contributed by atoms with van der Waals surface area (Å²) in [4.78, 5) is 11.3. The van der Waals surface area contributed by atoms with Crippen LogP contribution in [0.15, 0.2) is 24.3 Å². The van der Waals surface area contributed by atoms with E-state index in [0.717, 1.165) is 22.0 Å². The van der Waals surface area contributed by atoms with Crippen molar-refractivity contribution in [3.05, 3.63) is 41.0 Å². The van der Waals surface area contributed by atoms with Crippen molar-refractivity contribution in [2.75, 3.05) is 5.33 Å². The number of amides is 1. The second-order valence-corrected chi connectivity index (χ2v) is 3.76. The molecule has 1 heterocycles. The van der Waals surface area contributed by atoms with E-state index in [9.17, 15) is 4.79 Å². The van der Waals surface area contributed by atoms with E-state index in [1.165, 1.54) is 0 Å². The monoisotopic (exact) mass is 251 g/mol. The summed E-state index contributed by atoms with van der Waals surface area (Å²) in [5.41, 5.74) is 3.04. The summed E-state index contributed by atoms with van der Waals surface area (Å²) in [6.07, 6.45) is 4.06. The topological polar surface area (TPSA) is 29.1 Å². The first-order chi connectivity index (χ1) is 6.83. The highest BCUT2D eigenvalue weighted by molar-refractivity contribution is 9.09. The number of rotatable bonds is 2. The van der Waals surface area contributed by atoms with Crippen LogP contribution in [0.2, 0.25) is 0 Å². The highest BCUT2D eigenvalue weighted by Gasteiger charge is 2.19. The van der Waals surface area contributed by atoms with Gasteiger partial charge in [-0.15, -0.1) is 0 Å². The van der Waals surface area contributed by atoms with Crippen LogP contribution in [0.5, 0.6) is 0 Å². The molecule has 0 fully saturated rings. The number of benzene rings is 1. The minimum absolute atomic E-state index is 0.0362. The van der Waals surface area contributed by atoms with Crippen LogP contribution in [0, 0.1) is 0 Å². The van der Waals surface area contributed by atoms with Gasteiger partial charge in [-0.2, -0.15) is 0 Å². The Bertz CT molecular complexity index is 398. The minimum Gasteiger partial charge on any atom is -0.348 e. The maximum absolute atomic E-state index is 11.3. The molecule has 2 nitrogen and oxygen atoms in total.